The van der Waals surface area contributed by atoms with Crippen LogP contribution in [0.4, 0.5) is 5.69 Å². The van der Waals surface area contributed by atoms with Crippen molar-refractivity contribution in [2.24, 2.45) is 5.92 Å². The van der Waals surface area contributed by atoms with E-state index in [0.29, 0.717) is 39.1 Å². The summed E-state index contributed by atoms with van der Waals surface area (Å²) in [6, 6.07) is 7.63. The van der Waals surface area contributed by atoms with Gasteiger partial charge in [-0.2, -0.15) is 0 Å². The van der Waals surface area contributed by atoms with E-state index in [1.54, 1.807) is 4.90 Å². The van der Waals surface area contributed by atoms with Crippen molar-refractivity contribution in [3.63, 3.8) is 0 Å². The number of para-hydroxylation sites is 2. The molecule has 0 radical (unpaired) electrons. The number of nitrogens with zero attached hydrogens (tertiary/aromatic N) is 1. The first kappa shape index (κ1) is 20.5. The molecule has 0 spiro atoms. The van der Waals surface area contributed by atoms with E-state index in [1.807, 2.05) is 31.2 Å². The van der Waals surface area contributed by atoms with Crippen molar-refractivity contribution in [2.75, 3.05) is 44.8 Å². The average Bonchev–Trinajstić information content (AvgIpc) is 3.25. The minimum atomic E-state index is -0.148. The smallest absolute Gasteiger partial charge is 0.309 e. The molecule has 1 N–H and O–H groups in total. The van der Waals surface area contributed by atoms with Crippen molar-refractivity contribution in [3.05, 3.63) is 24.3 Å². The maximum Gasteiger partial charge on any atom is 0.309 e. The Morgan fingerprint density at radius 2 is 2.00 bits per heavy atom. The molecule has 0 aromatic heterocycles. The van der Waals surface area contributed by atoms with Gasteiger partial charge in [0.05, 0.1) is 30.9 Å². The van der Waals surface area contributed by atoms with E-state index < -0.39 is 0 Å². The van der Waals surface area contributed by atoms with Gasteiger partial charge >= 0.3 is 5.97 Å². The number of rotatable bonds is 8. The first-order valence-corrected chi connectivity index (χ1v) is 10.2. The second kappa shape index (κ2) is 10.3. The third-order valence-corrected chi connectivity index (χ3v) is 5.23. The molecule has 1 aromatic carbocycles. The van der Waals surface area contributed by atoms with Gasteiger partial charge in [-0.25, -0.2) is 0 Å². The maximum atomic E-state index is 12.5. The Morgan fingerprint density at radius 3 is 2.71 bits per heavy atom. The highest BCUT2D eigenvalue weighted by molar-refractivity contribution is 5.82. The van der Waals surface area contributed by atoms with E-state index in [9.17, 15) is 9.59 Å². The van der Waals surface area contributed by atoms with Gasteiger partial charge < -0.3 is 24.4 Å². The minimum Gasteiger partial charge on any atom is -0.489 e. The van der Waals surface area contributed by atoms with Crippen molar-refractivity contribution in [3.8, 4) is 5.75 Å². The summed E-state index contributed by atoms with van der Waals surface area (Å²) in [7, 11) is 0. The zero-order valence-electron chi connectivity index (χ0n) is 16.5. The highest BCUT2D eigenvalue weighted by Gasteiger charge is 2.28. The number of hydrogen-bond donors (Lipinski definition) is 1. The third kappa shape index (κ3) is 5.61. The molecule has 1 amide bonds. The molecule has 2 aliphatic heterocycles. The number of benzene rings is 1. The molecule has 154 valence electrons. The van der Waals surface area contributed by atoms with Crippen LogP contribution in [0.25, 0.3) is 0 Å². The molecule has 2 saturated heterocycles. The van der Waals surface area contributed by atoms with Crippen LogP contribution in [0, 0.1) is 5.92 Å². The van der Waals surface area contributed by atoms with Gasteiger partial charge in [0.2, 0.25) is 5.91 Å². The lowest BCUT2D eigenvalue weighted by Crippen LogP contribution is -2.43. The van der Waals surface area contributed by atoms with Gasteiger partial charge in [0.25, 0.3) is 0 Å². The van der Waals surface area contributed by atoms with Crippen LogP contribution >= 0.6 is 0 Å². The monoisotopic (exact) mass is 390 g/mol. The predicted octanol–water partition coefficient (Wildman–Crippen LogP) is 2.46. The lowest BCUT2D eigenvalue weighted by molar-refractivity contribution is -0.151. The second-order valence-electron chi connectivity index (χ2n) is 7.20. The zero-order chi connectivity index (χ0) is 19.8. The van der Waals surface area contributed by atoms with Gasteiger partial charge in [-0.1, -0.05) is 12.1 Å². The van der Waals surface area contributed by atoms with Crippen LogP contribution in [0.3, 0.4) is 0 Å². The lowest BCUT2D eigenvalue weighted by atomic mass is 9.97. The van der Waals surface area contributed by atoms with Crippen molar-refractivity contribution < 1.29 is 23.8 Å². The largest absolute Gasteiger partial charge is 0.489 e. The maximum absolute atomic E-state index is 12.5. The van der Waals surface area contributed by atoms with Crippen LogP contribution in [-0.2, 0) is 19.1 Å². The van der Waals surface area contributed by atoms with E-state index in [4.69, 9.17) is 14.2 Å². The number of esters is 1. The Kier molecular flexibility index (Phi) is 7.54. The minimum absolute atomic E-state index is 0.0243. The van der Waals surface area contributed by atoms with Crippen molar-refractivity contribution in [2.45, 2.75) is 38.7 Å². The summed E-state index contributed by atoms with van der Waals surface area (Å²) in [4.78, 5) is 26.2. The fraction of sp³-hybridized carbons (Fsp3) is 0.619. The molecular weight excluding hydrogens is 360 g/mol. The van der Waals surface area contributed by atoms with Gasteiger partial charge in [0.1, 0.15) is 12.4 Å². The number of nitrogens with one attached hydrogen (secondary N) is 1. The zero-order valence-corrected chi connectivity index (χ0v) is 16.5. The van der Waals surface area contributed by atoms with Crippen molar-refractivity contribution in [1.82, 2.24) is 4.90 Å². The van der Waals surface area contributed by atoms with Crippen LogP contribution in [0.15, 0.2) is 24.3 Å². The standard InChI is InChI=1S/C21H30N2O5/c1-2-26-21(25)16-9-11-23(12-10-16)20(24)14-22-18-7-3-4-8-19(18)28-15-17-6-5-13-27-17/h3-4,7-8,16-17,22H,2,5-6,9-15H2,1H3. The van der Waals surface area contributed by atoms with E-state index in [1.165, 1.54) is 0 Å². The van der Waals surface area contributed by atoms with E-state index in [-0.39, 0.29) is 30.4 Å². The van der Waals surface area contributed by atoms with Crippen LogP contribution < -0.4 is 10.1 Å². The Hall–Kier alpha value is -2.28. The lowest BCUT2D eigenvalue weighted by Gasteiger charge is -2.31. The molecule has 7 heteroatoms. The normalized spacial score (nSPS) is 20.0. The summed E-state index contributed by atoms with van der Waals surface area (Å²) < 4.78 is 16.6. The average molecular weight is 390 g/mol. The van der Waals surface area contributed by atoms with Gasteiger partial charge in [-0.3, -0.25) is 9.59 Å². The number of piperidine rings is 1. The highest BCUT2D eigenvalue weighted by atomic mass is 16.5. The van der Waals surface area contributed by atoms with E-state index in [0.717, 1.165) is 30.9 Å². The summed E-state index contributed by atoms with van der Waals surface area (Å²) in [5, 5.41) is 3.19. The van der Waals surface area contributed by atoms with Crippen LogP contribution in [0.5, 0.6) is 5.75 Å². The molecule has 1 atom stereocenters. The molecule has 2 heterocycles. The molecule has 0 bridgehead atoms. The SMILES string of the molecule is CCOC(=O)C1CCN(C(=O)CNc2ccccc2OCC2CCCO2)CC1. The molecule has 1 aromatic rings. The fourth-order valence-electron chi connectivity index (χ4n) is 3.60. The van der Waals surface area contributed by atoms with Crippen LogP contribution in [0.1, 0.15) is 32.6 Å². The second-order valence-corrected chi connectivity index (χ2v) is 7.20. The Bertz CT molecular complexity index is 652. The Labute approximate surface area is 166 Å². The molecule has 28 heavy (non-hydrogen) atoms. The molecule has 2 aliphatic rings. The fourth-order valence-corrected chi connectivity index (χ4v) is 3.60. The molecule has 7 nitrogen and oxygen atoms in total. The van der Waals surface area contributed by atoms with Gasteiger partial charge in [0.15, 0.2) is 0 Å². The van der Waals surface area contributed by atoms with Crippen LogP contribution in [0.2, 0.25) is 0 Å². The number of anilines is 1. The first-order valence-electron chi connectivity index (χ1n) is 10.2. The van der Waals surface area contributed by atoms with E-state index in [2.05, 4.69) is 5.32 Å². The quantitative estimate of drug-likeness (QED) is 0.687. The summed E-state index contributed by atoms with van der Waals surface area (Å²) in [5.41, 5.74) is 0.801. The molecule has 2 fully saturated rings. The number of ether oxygens (including phenoxy) is 3. The number of carbonyl (C=O) groups excluding carboxylic acids is 2. The third-order valence-electron chi connectivity index (χ3n) is 5.23. The molecule has 3 rings (SSSR count). The van der Waals surface area contributed by atoms with Gasteiger partial charge in [-0.15, -0.1) is 0 Å². The Morgan fingerprint density at radius 1 is 1.21 bits per heavy atom. The topological polar surface area (TPSA) is 77.1 Å². The van der Waals surface area contributed by atoms with Gasteiger partial charge in [0, 0.05) is 19.7 Å². The van der Waals surface area contributed by atoms with Crippen LogP contribution in [-0.4, -0.2) is 62.3 Å². The summed E-state index contributed by atoms with van der Waals surface area (Å²) in [5.74, 6) is 0.511. The van der Waals surface area contributed by atoms with E-state index >= 15 is 0 Å². The first-order chi connectivity index (χ1) is 13.7. The number of amides is 1. The molecule has 0 saturated carbocycles. The summed E-state index contributed by atoms with van der Waals surface area (Å²) in [6.45, 7) is 4.90. The number of likely N-dealkylation sites (tertiary alicyclic amines) is 1. The molecule has 1 unspecified atom stereocenters. The predicted molar refractivity (Wildman–Crippen MR) is 105 cm³/mol. The molecule has 0 aliphatic carbocycles. The van der Waals surface area contributed by atoms with Crippen molar-refractivity contribution in [1.29, 1.82) is 0 Å². The number of hydrogen-bond acceptors (Lipinski definition) is 6. The number of carbonyl (C=O) groups is 2. The van der Waals surface area contributed by atoms with Gasteiger partial charge in [-0.05, 0) is 44.7 Å². The Balaban J connectivity index is 1.45. The summed E-state index contributed by atoms with van der Waals surface area (Å²) in [6.07, 6.45) is 3.57. The van der Waals surface area contributed by atoms with Crippen molar-refractivity contribution >= 4 is 17.6 Å². The summed E-state index contributed by atoms with van der Waals surface area (Å²) >= 11 is 0. The highest BCUT2D eigenvalue weighted by Crippen LogP contribution is 2.25. The molecular formula is C21H30N2O5.